The fourth-order valence-electron chi connectivity index (χ4n) is 8.84. The molecule has 0 aliphatic carbocycles. The molecule has 0 atom stereocenters. The summed E-state index contributed by atoms with van der Waals surface area (Å²) in [4.78, 5) is 5.23. The van der Waals surface area contributed by atoms with Gasteiger partial charge in [0.25, 0.3) is 0 Å². The Kier molecular flexibility index (Phi) is 7.57. The summed E-state index contributed by atoms with van der Waals surface area (Å²) < 4.78 is 0. The zero-order valence-corrected chi connectivity index (χ0v) is 30.7. The van der Waals surface area contributed by atoms with Gasteiger partial charge in [-0.15, -0.1) is 0 Å². The van der Waals surface area contributed by atoms with E-state index in [1.807, 2.05) is 0 Å². The van der Waals surface area contributed by atoms with Crippen molar-refractivity contribution in [3.05, 3.63) is 212 Å². The lowest BCUT2D eigenvalue weighted by atomic mass is 9.83. The Labute approximate surface area is 325 Å². The second-order valence-electron chi connectivity index (χ2n) is 14.6. The number of pyridine rings is 1. The number of hydrogen-bond acceptors (Lipinski definition) is 1. The molecule has 260 valence electrons. The van der Waals surface area contributed by atoms with Gasteiger partial charge in [0.15, 0.2) is 0 Å². The Hall–Kier alpha value is -7.35. The van der Waals surface area contributed by atoms with Crippen LogP contribution >= 0.6 is 0 Å². The van der Waals surface area contributed by atoms with Crippen LogP contribution in [0.4, 0.5) is 0 Å². The third kappa shape index (κ3) is 5.28. The third-order valence-electron chi connectivity index (χ3n) is 11.4. The fourth-order valence-corrected chi connectivity index (χ4v) is 8.84. The topological polar surface area (TPSA) is 12.9 Å². The molecule has 0 spiro atoms. The number of nitrogens with zero attached hydrogens (tertiary/aromatic N) is 1. The lowest BCUT2D eigenvalue weighted by Gasteiger charge is -2.20. The zero-order chi connectivity index (χ0) is 37.0. The van der Waals surface area contributed by atoms with E-state index in [1.165, 1.54) is 81.7 Å². The van der Waals surface area contributed by atoms with Crippen molar-refractivity contribution < 1.29 is 0 Å². The zero-order valence-electron chi connectivity index (χ0n) is 30.7. The smallest absolute Gasteiger partial charge is 0.0715 e. The molecule has 1 aromatic heterocycles. The van der Waals surface area contributed by atoms with Gasteiger partial charge in [-0.1, -0.05) is 194 Å². The van der Waals surface area contributed by atoms with Gasteiger partial charge >= 0.3 is 0 Å². The fraction of sp³-hybridized carbons (Fsp3) is 0. The molecule has 0 aliphatic heterocycles. The molecule has 10 aromatic carbocycles. The second-order valence-corrected chi connectivity index (χ2v) is 14.6. The van der Waals surface area contributed by atoms with Gasteiger partial charge in [-0.2, -0.15) is 0 Å². The van der Waals surface area contributed by atoms with E-state index >= 15 is 0 Å². The van der Waals surface area contributed by atoms with Crippen LogP contribution in [0.1, 0.15) is 0 Å². The molecule has 0 saturated heterocycles. The standard InChI is InChI=1S/C55H35N/c1-3-15-36(16-4-1)41-34-52(37-17-5-2-6-18-37)56-53(35-41)38-27-29-39(30-28-38)54-49-25-13-11-22-45(49)46-23-12-14-26-50(46)55(54)40-31-32-48-44-21-8-7-19-42(44)43-20-9-10-24-47(43)51(48)33-40/h1-35H. The van der Waals surface area contributed by atoms with E-state index in [9.17, 15) is 0 Å². The number of benzene rings is 10. The summed E-state index contributed by atoms with van der Waals surface area (Å²) in [7, 11) is 0. The Morgan fingerprint density at radius 2 is 0.536 bits per heavy atom. The normalized spacial score (nSPS) is 11.6. The Morgan fingerprint density at radius 3 is 1.05 bits per heavy atom. The summed E-state index contributed by atoms with van der Waals surface area (Å²) in [6, 6.07) is 77.1. The SMILES string of the molecule is c1ccc(-c2cc(-c3ccccc3)nc(-c3ccc(-c4c(-c5ccc6c7ccccc7c7ccccc7c6c5)c5ccccc5c5ccccc45)cc3)c2)cc1. The molecular weight excluding hydrogens is 675 g/mol. The third-order valence-corrected chi connectivity index (χ3v) is 11.4. The molecule has 0 radical (unpaired) electrons. The van der Waals surface area contributed by atoms with Gasteiger partial charge in [-0.3, -0.25) is 0 Å². The minimum absolute atomic E-state index is 0.953. The first-order valence-electron chi connectivity index (χ1n) is 19.3. The summed E-state index contributed by atoms with van der Waals surface area (Å²) in [5.41, 5.74) is 11.3. The number of aromatic nitrogens is 1. The second kappa shape index (κ2) is 13.2. The maximum absolute atomic E-state index is 5.23. The van der Waals surface area contributed by atoms with Crippen LogP contribution in [-0.4, -0.2) is 4.98 Å². The van der Waals surface area contributed by atoms with Gasteiger partial charge in [-0.05, 0) is 105 Å². The number of hydrogen-bond donors (Lipinski definition) is 0. The van der Waals surface area contributed by atoms with Gasteiger partial charge in [0.2, 0.25) is 0 Å². The van der Waals surface area contributed by atoms with Crippen LogP contribution in [-0.2, 0) is 0 Å². The van der Waals surface area contributed by atoms with Crippen molar-refractivity contribution in [3.8, 4) is 55.9 Å². The first kappa shape index (κ1) is 32.1. The highest BCUT2D eigenvalue weighted by Gasteiger charge is 2.19. The quantitative estimate of drug-likeness (QED) is 0.162. The minimum atomic E-state index is 0.953. The predicted octanol–water partition coefficient (Wildman–Crippen LogP) is 15.2. The molecule has 11 aromatic rings. The highest BCUT2D eigenvalue weighted by Crippen LogP contribution is 2.46. The maximum atomic E-state index is 5.23. The lowest BCUT2D eigenvalue weighted by molar-refractivity contribution is 1.32. The maximum Gasteiger partial charge on any atom is 0.0715 e. The molecule has 0 aliphatic rings. The Morgan fingerprint density at radius 1 is 0.196 bits per heavy atom. The van der Waals surface area contributed by atoms with Crippen LogP contribution in [0.15, 0.2) is 212 Å². The van der Waals surface area contributed by atoms with E-state index in [0.717, 1.165) is 28.1 Å². The molecule has 0 bridgehead atoms. The average Bonchev–Trinajstić information content (AvgIpc) is 3.29. The van der Waals surface area contributed by atoms with Crippen LogP contribution in [0, 0.1) is 0 Å². The summed E-state index contributed by atoms with van der Waals surface area (Å²) in [6.07, 6.45) is 0. The van der Waals surface area contributed by atoms with Crippen LogP contribution < -0.4 is 0 Å². The Balaban J connectivity index is 1.14. The van der Waals surface area contributed by atoms with Crippen molar-refractivity contribution in [1.29, 1.82) is 0 Å². The summed E-state index contributed by atoms with van der Waals surface area (Å²) in [5.74, 6) is 0. The molecule has 1 heterocycles. The van der Waals surface area contributed by atoms with Crippen LogP contribution in [0.25, 0.3) is 110 Å². The summed E-state index contributed by atoms with van der Waals surface area (Å²) >= 11 is 0. The molecule has 11 rings (SSSR count). The predicted molar refractivity (Wildman–Crippen MR) is 239 cm³/mol. The van der Waals surface area contributed by atoms with Gasteiger partial charge in [0.1, 0.15) is 0 Å². The van der Waals surface area contributed by atoms with Crippen LogP contribution in [0.2, 0.25) is 0 Å². The first-order valence-corrected chi connectivity index (χ1v) is 19.3. The lowest BCUT2D eigenvalue weighted by Crippen LogP contribution is -1.93. The van der Waals surface area contributed by atoms with Crippen molar-refractivity contribution in [1.82, 2.24) is 4.98 Å². The minimum Gasteiger partial charge on any atom is -0.248 e. The number of fused-ring (bicyclic) bond motifs is 9. The van der Waals surface area contributed by atoms with Gasteiger partial charge in [0, 0.05) is 11.1 Å². The summed E-state index contributed by atoms with van der Waals surface area (Å²) in [6.45, 7) is 0. The molecule has 56 heavy (non-hydrogen) atoms. The van der Waals surface area contributed by atoms with Crippen LogP contribution in [0.5, 0.6) is 0 Å². The molecular formula is C55H35N. The van der Waals surface area contributed by atoms with E-state index < -0.39 is 0 Å². The van der Waals surface area contributed by atoms with Gasteiger partial charge < -0.3 is 0 Å². The van der Waals surface area contributed by atoms with Crippen molar-refractivity contribution in [3.63, 3.8) is 0 Å². The van der Waals surface area contributed by atoms with Crippen molar-refractivity contribution >= 4 is 53.9 Å². The van der Waals surface area contributed by atoms with Crippen LogP contribution in [0.3, 0.4) is 0 Å². The van der Waals surface area contributed by atoms with E-state index in [1.54, 1.807) is 0 Å². The van der Waals surface area contributed by atoms with Gasteiger partial charge in [-0.25, -0.2) is 4.98 Å². The number of rotatable bonds is 5. The van der Waals surface area contributed by atoms with E-state index in [2.05, 4.69) is 212 Å². The highest BCUT2D eigenvalue weighted by molar-refractivity contribution is 6.27. The molecule has 0 unspecified atom stereocenters. The molecule has 0 saturated carbocycles. The van der Waals surface area contributed by atoms with Gasteiger partial charge in [0.05, 0.1) is 11.4 Å². The molecule has 1 nitrogen and oxygen atoms in total. The highest BCUT2D eigenvalue weighted by atomic mass is 14.7. The first-order chi connectivity index (χ1) is 27.8. The van der Waals surface area contributed by atoms with E-state index in [4.69, 9.17) is 4.98 Å². The largest absolute Gasteiger partial charge is 0.248 e. The molecule has 0 fully saturated rings. The monoisotopic (exact) mass is 709 g/mol. The summed E-state index contributed by atoms with van der Waals surface area (Å²) in [5, 5.41) is 12.7. The molecule has 0 N–H and O–H groups in total. The van der Waals surface area contributed by atoms with Crippen molar-refractivity contribution in [2.24, 2.45) is 0 Å². The van der Waals surface area contributed by atoms with Crippen molar-refractivity contribution in [2.75, 3.05) is 0 Å². The molecule has 1 heteroatoms. The Bertz CT molecular complexity index is 3180. The van der Waals surface area contributed by atoms with E-state index in [0.29, 0.717) is 0 Å². The van der Waals surface area contributed by atoms with Crippen molar-refractivity contribution in [2.45, 2.75) is 0 Å². The average molecular weight is 710 g/mol. The van der Waals surface area contributed by atoms with E-state index in [-0.39, 0.29) is 0 Å². The molecule has 0 amide bonds.